The molecule has 0 radical (unpaired) electrons. The molecule has 11 heteroatoms. The van der Waals surface area contributed by atoms with Gasteiger partial charge in [-0.2, -0.15) is 0 Å². The number of fused-ring (bicyclic) bond motifs is 1. The molecule has 7 rings (SSSR count). The maximum Gasteiger partial charge on any atom is 0.254 e. The molecule has 2 saturated heterocycles. The molecule has 266 valence electrons. The smallest absolute Gasteiger partial charge is 0.254 e. The fourth-order valence-corrected chi connectivity index (χ4v) is 7.78. The van der Waals surface area contributed by atoms with E-state index in [1.54, 1.807) is 33.5 Å². The quantitative estimate of drug-likeness (QED) is 0.159. The standard InChI is InChI=1S/C40H45FN6O4/c1-49-35-24-29(25-36(50-2)37(35)51-3)38(48)46-23-17-40(27-46,30-8-10-31(41)11-9-30)16-22-45-20-14-32(15-21-45)47(26-28-12-18-42-19-13-28)39-43-33-6-4-5-7-34(33)44-39/h4-13,18-19,24-25,32H,14-17,20-23,26-27H2,1-3H3,(H,43,44). The Bertz CT molecular complexity index is 1890. The molecule has 1 N–H and O–H groups in total. The molecule has 2 aliphatic rings. The molecule has 4 heterocycles. The van der Waals surface area contributed by atoms with Crippen LogP contribution in [0.15, 0.2) is 85.2 Å². The highest BCUT2D eigenvalue weighted by atomic mass is 19.1. The number of hydrogen-bond acceptors (Lipinski definition) is 8. The SMILES string of the molecule is COc1cc(C(=O)N2CCC(CCN3CCC(N(Cc4ccncc4)c4nc5ccccc5[nH]4)CC3)(c3ccc(F)cc3)C2)cc(OC)c1OC. The van der Waals surface area contributed by atoms with Crippen molar-refractivity contribution in [1.82, 2.24) is 24.8 Å². The van der Waals surface area contributed by atoms with Gasteiger partial charge in [-0.3, -0.25) is 9.78 Å². The molecule has 2 aliphatic heterocycles. The fraction of sp³-hybridized carbons (Fsp3) is 0.375. The topological polar surface area (TPSA) is 96.1 Å². The van der Waals surface area contributed by atoms with Gasteiger partial charge in [0.15, 0.2) is 11.5 Å². The van der Waals surface area contributed by atoms with Gasteiger partial charge in [-0.05, 0) is 91.9 Å². The summed E-state index contributed by atoms with van der Waals surface area (Å²) in [4.78, 5) is 33.6. The zero-order valence-electron chi connectivity index (χ0n) is 29.5. The highest BCUT2D eigenvalue weighted by Crippen LogP contribution is 2.42. The van der Waals surface area contributed by atoms with Gasteiger partial charge in [0.1, 0.15) is 5.82 Å². The minimum absolute atomic E-state index is 0.0982. The number of benzene rings is 3. The lowest BCUT2D eigenvalue weighted by Crippen LogP contribution is -2.46. The van der Waals surface area contributed by atoms with E-state index in [2.05, 4.69) is 38.0 Å². The summed E-state index contributed by atoms with van der Waals surface area (Å²) in [6.07, 6.45) is 7.32. The van der Waals surface area contributed by atoms with Gasteiger partial charge in [-0.15, -0.1) is 0 Å². The van der Waals surface area contributed by atoms with Crippen molar-refractivity contribution in [2.45, 2.75) is 43.7 Å². The zero-order chi connectivity index (χ0) is 35.4. The van der Waals surface area contributed by atoms with Crippen molar-refractivity contribution in [3.05, 3.63) is 108 Å². The lowest BCUT2D eigenvalue weighted by atomic mass is 9.76. The van der Waals surface area contributed by atoms with Crippen LogP contribution >= 0.6 is 0 Å². The average Bonchev–Trinajstić information content (AvgIpc) is 3.82. The van der Waals surface area contributed by atoms with Gasteiger partial charge in [0, 0.05) is 62.1 Å². The predicted molar refractivity (Wildman–Crippen MR) is 195 cm³/mol. The van der Waals surface area contributed by atoms with Crippen LogP contribution in [0.25, 0.3) is 11.0 Å². The van der Waals surface area contributed by atoms with Crippen LogP contribution < -0.4 is 19.1 Å². The van der Waals surface area contributed by atoms with E-state index in [1.165, 1.54) is 17.7 Å². The monoisotopic (exact) mass is 692 g/mol. The zero-order valence-corrected chi connectivity index (χ0v) is 29.5. The predicted octanol–water partition coefficient (Wildman–Crippen LogP) is 6.47. The molecule has 0 aliphatic carbocycles. The highest BCUT2D eigenvalue weighted by Gasteiger charge is 2.42. The first-order chi connectivity index (χ1) is 24.9. The maximum atomic E-state index is 14.1. The number of nitrogens with one attached hydrogen (secondary N) is 1. The van der Waals surface area contributed by atoms with Crippen LogP contribution in [0.2, 0.25) is 0 Å². The van der Waals surface area contributed by atoms with Crippen LogP contribution in [0.4, 0.5) is 10.3 Å². The highest BCUT2D eigenvalue weighted by molar-refractivity contribution is 5.96. The van der Waals surface area contributed by atoms with Crippen molar-refractivity contribution < 1.29 is 23.4 Å². The molecule has 1 atom stereocenters. The Morgan fingerprint density at radius 1 is 0.941 bits per heavy atom. The Kier molecular flexibility index (Phi) is 10.1. The van der Waals surface area contributed by atoms with Crippen molar-refractivity contribution in [2.24, 2.45) is 0 Å². The van der Waals surface area contributed by atoms with E-state index in [0.29, 0.717) is 41.9 Å². The minimum Gasteiger partial charge on any atom is -0.493 e. The summed E-state index contributed by atoms with van der Waals surface area (Å²) in [5.74, 6) is 1.85. The summed E-state index contributed by atoms with van der Waals surface area (Å²) in [5.41, 5.74) is 4.42. The third-order valence-electron chi connectivity index (χ3n) is 10.7. The number of anilines is 1. The molecule has 0 spiro atoms. The summed E-state index contributed by atoms with van der Waals surface area (Å²) in [6, 6.07) is 22.9. The van der Waals surface area contributed by atoms with Gasteiger partial charge in [0.05, 0.1) is 32.4 Å². The lowest BCUT2D eigenvalue weighted by molar-refractivity contribution is 0.0779. The summed E-state index contributed by atoms with van der Waals surface area (Å²) in [6.45, 7) is 4.66. The Hall–Kier alpha value is -5.16. The number of methoxy groups -OCH3 is 3. The number of halogens is 1. The number of carbonyl (C=O) groups is 1. The lowest BCUT2D eigenvalue weighted by Gasteiger charge is -2.40. The van der Waals surface area contributed by atoms with Crippen LogP contribution in [-0.4, -0.2) is 90.8 Å². The van der Waals surface area contributed by atoms with E-state index in [-0.39, 0.29) is 17.1 Å². The third-order valence-corrected chi connectivity index (χ3v) is 10.7. The number of nitrogens with zero attached hydrogens (tertiary/aromatic N) is 5. The second-order valence-electron chi connectivity index (χ2n) is 13.6. The summed E-state index contributed by atoms with van der Waals surface area (Å²) < 4.78 is 30.6. The summed E-state index contributed by atoms with van der Waals surface area (Å²) in [5, 5.41) is 0. The first-order valence-electron chi connectivity index (χ1n) is 17.6. The molecule has 1 unspecified atom stereocenters. The number of H-pyrrole nitrogens is 1. The number of likely N-dealkylation sites (tertiary alicyclic amines) is 2. The number of carbonyl (C=O) groups excluding carboxylic acids is 1. The van der Waals surface area contributed by atoms with E-state index < -0.39 is 0 Å². The van der Waals surface area contributed by atoms with Crippen LogP contribution in [0.1, 0.15) is 47.2 Å². The number of aromatic nitrogens is 3. The number of piperidine rings is 1. The molecule has 2 aromatic heterocycles. The number of hydrogen-bond donors (Lipinski definition) is 1. The normalized spacial score (nSPS) is 18.2. The number of ether oxygens (including phenoxy) is 3. The number of amides is 1. The Labute approximate surface area is 298 Å². The first kappa shape index (κ1) is 34.3. The van der Waals surface area contributed by atoms with Crippen molar-refractivity contribution in [3.8, 4) is 17.2 Å². The van der Waals surface area contributed by atoms with Crippen LogP contribution in [-0.2, 0) is 12.0 Å². The van der Waals surface area contributed by atoms with E-state index in [0.717, 1.165) is 74.4 Å². The number of aromatic amines is 1. The van der Waals surface area contributed by atoms with Crippen molar-refractivity contribution >= 4 is 22.9 Å². The molecule has 0 saturated carbocycles. The van der Waals surface area contributed by atoms with Gasteiger partial charge in [-0.1, -0.05) is 24.3 Å². The molecule has 1 amide bonds. The third kappa shape index (κ3) is 7.21. The van der Waals surface area contributed by atoms with Crippen molar-refractivity contribution in [3.63, 3.8) is 0 Å². The van der Waals surface area contributed by atoms with E-state index >= 15 is 0 Å². The minimum atomic E-state index is -0.303. The Morgan fingerprint density at radius 3 is 2.31 bits per heavy atom. The average molecular weight is 693 g/mol. The first-order valence-corrected chi connectivity index (χ1v) is 17.6. The fourth-order valence-electron chi connectivity index (χ4n) is 7.78. The van der Waals surface area contributed by atoms with E-state index in [1.807, 2.05) is 47.6 Å². The number of rotatable bonds is 12. The van der Waals surface area contributed by atoms with Gasteiger partial charge in [0.25, 0.3) is 5.91 Å². The van der Waals surface area contributed by atoms with Gasteiger partial charge in [-0.25, -0.2) is 9.37 Å². The van der Waals surface area contributed by atoms with Crippen molar-refractivity contribution in [1.29, 1.82) is 0 Å². The van der Waals surface area contributed by atoms with Gasteiger partial charge >= 0.3 is 0 Å². The van der Waals surface area contributed by atoms with E-state index in [9.17, 15) is 9.18 Å². The second-order valence-corrected chi connectivity index (χ2v) is 13.6. The van der Waals surface area contributed by atoms with Crippen molar-refractivity contribution in [2.75, 3.05) is 59.0 Å². The summed E-state index contributed by atoms with van der Waals surface area (Å²) in [7, 11) is 4.63. The molecular weight excluding hydrogens is 647 g/mol. The summed E-state index contributed by atoms with van der Waals surface area (Å²) >= 11 is 0. The van der Waals surface area contributed by atoms with Gasteiger partial charge < -0.3 is 33.9 Å². The van der Waals surface area contributed by atoms with E-state index in [4.69, 9.17) is 19.2 Å². The molecule has 5 aromatic rings. The Balaban J connectivity index is 1.06. The largest absolute Gasteiger partial charge is 0.493 e. The molecule has 51 heavy (non-hydrogen) atoms. The molecule has 0 bridgehead atoms. The van der Waals surface area contributed by atoms with Crippen LogP contribution in [0, 0.1) is 5.82 Å². The molecule has 2 fully saturated rings. The van der Waals surface area contributed by atoms with Crippen LogP contribution in [0.5, 0.6) is 17.2 Å². The molecule has 10 nitrogen and oxygen atoms in total. The molecule has 3 aromatic carbocycles. The Morgan fingerprint density at radius 2 is 1.65 bits per heavy atom. The number of para-hydroxylation sites is 2. The maximum absolute atomic E-state index is 14.1. The molecular formula is C40H45FN6O4. The van der Waals surface area contributed by atoms with Gasteiger partial charge in [0.2, 0.25) is 11.7 Å². The number of imidazole rings is 1. The van der Waals surface area contributed by atoms with Crippen LogP contribution in [0.3, 0.4) is 0 Å². The number of pyridine rings is 1. The second kappa shape index (κ2) is 15.0.